The van der Waals surface area contributed by atoms with Gasteiger partial charge >= 0.3 is 11.8 Å². The summed E-state index contributed by atoms with van der Waals surface area (Å²) in [5, 5.41) is 3.40. The standard InChI is InChI=1S/C27H39N6/c1-6-8-21(4)29-27-28-17-24-25(19-31(5)26(24)30-27)23-11-9-22(10-12-23)18-32-13-7-14-33(16-15-32)20(2)3/h9-12,17,19-21H,5-8,13-16,18H2,1-4H3,(H,28,29,30)/q+1. The van der Waals surface area contributed by atoms with Crippen LogP contribution in [0.4, 0.5) is 11.8 Å². The van der Waals surface area contributed by atoms with Gasteiger partial charge in [0.05, 0.1) is 12.3 Å². The largest absolute Gasteiger partial charge is 0.341 e. The molecule has 0 spiro atoms. The lowest BCUT2D eigenvalue weighted by Gasteiger charge is -2.25. The number of aromatic nitrogens is 2. The first-order valence-corrected chi connectivity index (χ1v) is 12.5. The third-order valence-electron chi connectivity index (χ3n) is 6.74. The average Bonchev–Trinajstić information content (AvgIpc) is 2.95. The van der Waals surface area contributed by atoms with Gasteiger partial charge in [-0.3, -0.25) is 9.80 Å². The van der Waals surface area contributed by atoms with Gasteiger partial charge in [-0.25, -0.2) is 4.58 Å². The lowest BCUT2D eigenvalue weighted by molar-refractivity contribution is -0.349. The Kier molecular flexibility index (Phi) is 7.56. The molecule has 0 bridgehead atoms. The zero-order valence-corrected chi connectivity index (χ0v) is 20.7. The van der Waals surface area contributed by atoms with Crippen molar-refractivity contribution in [3.63, 3.8) is 0 Å². The molecule has 1 atom stereocenters. The minimum Gasteiger partial charge on any atom is -0.330 e. The minimum absolute atomic E-state index is 0.352. The first-order chi connectivity index (χ1) is 15.9. The van der Waals surface area contributed by atoms with Crippen molar-refractivity contribution in [2.24, 2.45) is 0 Å². The molecule has 1 saturated heterocycles. The van der Waals surface area contributed by atoms with Crippen molar-refractivity contribution in [3.8, 4) is 0 Å². The van der Waals surface area contributed by atoms with Crippen LogP contribution in [0.2, 0.25) is 0 Å². The topological polar surface area (TPSA) is 47.3 Å². The van der Waals surface area contributed by atoms with Crippen LogP contribution in [-0.4, -0.2) is 69.3 Å². The maximum Gasteiger partial charge on any atom is 0.341 e. The highest BCUT2D eigenvalue weighted by Crippen LogP contribution is 2.35. The van der Waals surface area contributed by atoms with Gasteiger partial charge in [0.1, 0.15) is 6.20 Å². The lowest BCUT2D eigenvalue weighted by Crippen LogP contribution is -2.34. The van der Waals surface area contributed by atoms with Crippen LogP contribution >= 0.6 is 0 Å². The van der Waals surface area contributed by atoms with Gasteiger partial charge in [0.2, 0.25) is 0 Å². The summed E-state index contributed by atoms with van der Waals surface area (Å²) >= 11 is 0. The van der Waals surface area contributed by atoms with E-state index in [0.29, 0.717) is 18.0 Å². The number of benzene rings is 1. The maximum atomic E-state index is 4.73. The van der Waals surface area contributed by atoms with Crippen LogP contribution in [0.15, 0.2) is 36.7 Å². The molecular formula is C27H39N6+. The summed E-state index contributed by atoms with van der Waals surface area (Å²) in [6, 6.07) is 9.95. The summed E-state index contributed by atoms with van der Waals surface area (Å²) in [6.45, 7) is 18.8. The number of anilines is 1. The fourth-order valence-electron chi connectivity index (χ4n) is 4.81. The van der Waals surface area contributed by atoms with Gasteiger partial charge in [0, 0.05) is 43.5 Å². The smallest absolute Gasteiger partial charge is 0.330 e. The molecule has 176 valence electrons. The predicted molar refractivity (Wildman–Crippen MR) is 137 cm³/mol. The summed E-state index contributed by atoms with van der Waals surface area (Å²) < 4.78 is 1.85. The average molecular weight is 448 g/mol. The molecular weight excluding hydrogens is 408 g/mol. The molecule has 0 aliphatic carbocycles. The molecule has 1 aromatic carbocycles. The van der Waals surface area contributed by atoms with Crippen LogP contribution in [0.1, 0.15) is 63.6 Å². The monoisotopic (exact) mass is 447 g/mol. The Hall–Kier alpha value is -2.57. The highest BCUT2D eigenvalue weighted by atomic mass is 15.2. The van der Waals surface area contributed by atoms with E-state index in [1.165, 1.54) is 30.6 Å². The first-order valence-electron chi connectivity index (χ1n) is 12.5. The van der Waals surface area contributed by atoms with E-state index in [9.17, 15) is 0 Å². The van der Waals surface area contributed by atoms with Crippen LogP contribution in [0.5, 0.6) is 0 Å². The minimum atomic E-state index is 0.352. The molecule has 1 N–H and O–H groups in total. The van der Waals surface area contributed by atoms with Crippen LogP contribution in [0.3, 0.4) is 0 Å². The molecule has 2 aromatic rings. The maximum absolute atomic E-state index is 4.73. The zero-order valence-electron chi connectivity index (χ0n) is 20.7. The van der Waals surface area contributed by atoms with E-state index in [-0.39, 0.29) is 0 Å². The number of nitrogens with one attached hydrogen (secondary N) is 1. The number of hydrogen-bond acceptors (Lipinski definition) is 5. The fourth-order valence-corrected chi connectivity index (χ4v) is 4.81. The molecule has 6 nitrogen and oxygen atoms in total. The van der Waals surface area contributed by atoms with Crippen molar-refractivity contribution in [1.82, 2.24) is 19.8 Å². The molecule has 0 saturated carbocycles. The van der Waals surface area contributed by atoms with Gasteiger partial charge in [-0.1, -0.05) is 37.6 Å². The zero-order chi connectivity index (χ0) is 23.4. The van der Waals surface area contributed by atoms with Crippen LogP contribution in [-0.2, 0) is 6.54 Å². The van der Waals surface area contributed by atoms with Crippen molar-refractivity contribution < 1.29 is 4.58 Å². The van der Waals surface area contributed by atoms with Gasteiger partial charge in [-0.2, -0.15) is 4.98 Å². The molecule has 1 fully saturated rings. The summed E-state index contributed by atoms with van der Waals surface area (Å²) in [5.74, 6) is 1.52. The van der Waals surface area contributed by atoms with Crippen molar-refractivity contribution >= 4 is 24.1 Å². The first kappa shape index (κ1) is 23.6. The van der Waals surface area contributed by atoms with Gasteiger partial charge in [0.25, 0.3) is 0 Å². The Morgan fingerprint density at radius 2 is 1.88 bits per heavy atom. The predicted octanol–water partition coefficient (Wildman–Crippen LogP) is 4.74. The Morgan fingerprint density at radius 3 is 2.61 bits per heavy atom. The molecule has 6 heteroatoms. The highest BCUT2D eigenvalue weighted by molar-refractivity contribution is 5.85. The van der Waals surface area contributed by atoms with Crippen LogP contribution < -0.4 is 5.32 Å². The Balaban J connectivity index is 1.43. The normalized spacial score (nSPS) is 18.2. The lowest BCUT2D eigenvalue weighted by atomic mass is 10.0. The van der Waals surface area contributed by atoms with E-state index in [4.69, 9.17) is 4.98 Å². The molecule has 2 aliphatic heterocycles. The third kappa shape index (κ3) is 5.68. The second-order valence-electron chi connectivity index (χ2n) is 9.73. The van der Waals surface area contributed by atoms with Crippen molar-refractivity contribution in [3.05, 3.63) is 53.4 Å². The molecule has 0 radical (unpaired) electrons. The van der Waals surface area contributed by atoms with Crippen molar-refractivity contribution in [1.29, 1.82) is 0 Å². The van der Waals surface area contributed by atoms with Gasteiger partial charge in [0.15, 0.2) is 0 Å². The molecule has 2 aliphatic rings. The number of hydrogen-bond donors (Lipinski definition) is 1. The second kappa shape index (κ2) is 10.6. The van der Waals surface area contributed by atoms with E-state index in [0.717, 1.165) is 49.4 Å². The van der Waals surface area contributed by atoms with E-state index in [1.807, 2.05) is 10.8 Å². The van der Waals surface area contributed by atoms with E-state index in [1.54, 1.807) is 0 Å². The van der Waals surface area contributed by atoms with Gasteiger partial charge < -0.3 is 5.32 Å². The van der Waals surface area contributed by atoms with E-state index >= 15 is 0 Å². The summed E-state index contributed by atoms with van der Waals surface area (Å²) in [7, 11) is 0. The number of rotatable bonds is 8. The Bertz CT molecular complexity index is 994. The Morgan fingerprint density at radius 1 is 1.09 bits per heavy atom. The number of nitrogens with zero attached hydrogens (tertiary/aromatic N) is 5. The molecule has 1 unspecified atom stereocenters. The molecule has 3 heterocycles. The quantitative estimate of drug-likeness (QED) is 0.592. The second-order valence-corrected chi connectivity index (χ2v) is 9.73. The molecule has 0 amide bonds. The SMILES string of the molecule is C=[N+]1C=C(c2ccc(CN3CCCN(C(C)C)CC3)cc2)c2cnc(NC(C)CCC)nc21. The van der Waals surface area contributed by atoms with Crippen LogP contribution in [0, 0.1) is 0 Å². The highest BCUT2D eigenvalue weighted by Gasteiger charge is 2.29. The molecule has 4 rings (SSSR count). The van der Waals surface area contributed by atoms with Crippen molar-refractivity contribution in [2.75, 3.05) is 31.5 Å². The fraction of sp³-hybridized carbons (Fsp3) is 0.519. The summed E-state index contributed by atoms with van der Waals surface area (Å²) in [4.78, 5) is 14.5. The molecule has 33 heavy (non-hydrogen) atoms. The summed E-state index contributed by atoms with van der Waals surface area (Å²) in [6.07, 6.45) is 7.45. The van der Waals surface area contributed by atoms with E-state index in [2.05, 4.69) is 85.0 Å². The van der Waals surface area contributed by atoms with Crippen LogP contribution in [0.25, 0.3) is 5.57 Å². The number of fused-ring (bicyclic) bond motifs is 1. The van der Waals surface area contributed by atoms with Crippen molar-refractivity contribution in [2.45, 2.75) is 65.6 Å². The van der Waals surface area contributed by atoms with Gasteiger partial charge in [-0.15, -0.1) is 0 Å². The third-order valence-corrected chi connectivity index (χ3v) is 6.74. The Labute approximate surface area is 199 Å². The summed E-state index contributed by atoms with van der Waals surface area (Å²) in [5.41, 5.74) is 4.70. The van der Waals surface area contributed by atoms with Gasteiger partial charge in [-0.05, 0) is 62.8 Å². The van der Waals surface area contributed by atoms with E-state index < -0.39 is 0 Å². The molecule has 1 aromatic heterocycles.